The SMILES string of the molecule is O=C(OCC(F)(F)S(=O)(=O)[O-])C1C=CC(C(=O)Oc2c(I)cc(I)cc2I)c2ccccc21. The highest BCUT2D eigenvalue weighted by Gasteiger charge is 2.41. The molecule has 1 aliphatic carbocycles. The van der Waals surface area contributed by atoms with Gasteiger partial charge in [0.25, 0.3) is 0 Å². The van der Waals surface area contributed by atoms with Crippen molar-refractivity contribution in [1.29, 1.82) is 0 Å². The van der Waals surface area contributed by atoms with E-state index in [0.29, 0.717) is 16.9 Å². The molecule has 0 amide bonds. The summed E-state index contributed by atoms with van der Waals surface area (Å²) in [5.74, 6) is -3.44. The predicted molar refractivity (Wildman–Crippen MR) is 137 cm³/mol. The third-order valence-electron chi connectivity index (χ3n) is 4.58. The lowest BCUT2D eigenvalue weighted by atomic mass is 9.82. The summed E-state index contributed by atoms with van der Waals surface area (Å²) < 4.78 is 71.1. The van der Waals surface area contributed by atoms with E-state index in [1.54, 1.807) is 18.2 Å². The van der Waals surface area contributed by atoms with E-state index in [0.717, 1.165) is 10.7 Å². The first-order valence-electron chi connectivity index (χ1n) is 8.95. The first-order chi connectivity index (χ1) is 15.3. The molecule has 0 saturated carbocycles. The van der Waals surface area contributed by atoms with Crippen LogP contribution in [0, 0.1) is 10.7 Å². The van der Waals surface area contributed by atoms with Gasteiger partial charge in [-0.2, -0.15) is 8.78 Å². The largest absolute Gasteiger partial charge is 0.743 e. The molecule has 13 heteroatoms. The summed E-state index contributed by atoms with van der Waals surface area (Å²) in [5, 5.41) is -4.76. The highest BCUT2D eigenvalue weighted by Crippen LogP contribution is 2.37. The van der Waals surface area contributed by atoms with Crippen molar-refractivity contribution in [3.63, 3.8) is 0 Å². The molecule has 0 spiro atoms. The first kappa shape index (κ1) is 26.7. The minimum atomic E-state index is -5.99. The van der Waals surface area contributed by atoms with Crippen molar-refractivity contribution in [1.82, 2.24) is 0 Å². The molecule has 2 aromatic rings. The van der Waals surface area contributed by atoms with Gasteiger partial charge in [-0.1, -0.05) is 36.4 Å². The zero-order chi connectivity index (χ0) is 24.6. The Morgan fingerprint density at radius 1 is 0.970 bits per heavy atom. The van der Waals surface area contributed by atoms with Gasteiger partial charge in [0.05, 0.1) is 7.14 Å². The Kier molecular flexibility index (Phi) is 8.38. The maximum absolute atomic E-state index is 13.4. The molecular weight excluding hydrogens is 803 g/mol. The van der Waals surface area contributed by atoms with Crippen LogP contribution in [-0.2, 0) is 24.4 Å². The fourth-order valence-corrected chi connectivity index (χ4v) is 7.03. The van der Waals surface area contributed by atoms with Crippen LogP contribution in [0.25, 0.3) is 0 Å². The topological polar surface area (TPSA) is 110 Å². The number of fused-ring (bicyclic) bond motifs is 1. The molecule has 0 bridgehead atoms. The van der Waals surface area contributed by atoms with E-state index in [2.05, 4.69) is 72.5 Å². The number of carbonyl (C=O) groups excluding carboxylic acids is 2. The third-order valence-corrected chi connectivity index (χ3v) is 7.66. The molecule has 33 heavy (non-hydrogen) atoms. The average molecular weight is 815 g/mol. The Hall–Kier alpha value is -0.920. The van der Waals surface area contributed by atoms with Crippen LogP contribution in [0.3, 0.4) is 0 Å². The summed E-state index contributed by atoms with van der Waals surface area (Å²) >= 11 is 6.26. The monoisotopic (exact) mass is 815 g/mol. The van der Waals surface area contributed by atoms with Crippen LogP contribution >= 0.6 is 67.8 Å². The second-order valence-corrected chi connectivity index (χ2v) is 11.9. The first-order valence-corrected chi connectivity index (χ1v) is 13.6. The van der Waals surface area contributed by atoms with Crippen molar-refractivity contribution in [2.75, 3.05) is 6.61 Å². The number of alkyl halides is 2. The molecule has 2 aromatic carbocycles. The summed E-state index contributed by atoms with van der Waals surface area (Å²) in [5.41, 5.74) is 0.720. The number of benzene rings is 2. The van der Waals surface area contributed by atoms with Gasteiger partial charge in [0, 0.05) is 3.57 Å². The molecule has 0 saturated heterocycles. The van der Waals surface area contributed by atoms with E-state index in [9.17, 15) is 31.3 Å². The van der Waals surface area contributed by atoms with Crippen LogP contribution in [0.1, 0.15) is 23.0 Å². The predicted octanol–water partition coefficient (Wildman–Crippen LogP) is 4.52. The molecule has 0 N–H and O–H groups in total. The summed E-state index contributed by atoms with van der Waals surface area (Å²) in [6, 6.07) is 10.0. The Labute approximate surface area is 228 Å². The zero-order valence-electron chi connectivity index (χ0n) is 16.1. The summed E-state index contributed by atoms with van der Waals surface area (Å²) in [4.78, 5) is 25.4. The summed E-state index contributed by atoms with van der Waals surface area (Å²) in [6.07, 6.45) is 2.69. The third kappa shape index (κ3) is 6.02. The standard InChI is InChI=1S/C20H13F2I3O7S/c21-20(22,33(28,29)30)9-31-18(26)13-5-6-14(12-4-2-1-3-11(12)13)19(27)32-17-15(24)7-10(23)8-16(17)25/h1-8,13-14H,9H2,(H,28,29,30)/p-1. The number of carbonyl (C=O) groups is 2. The lowest BCUT2D eigenvalue weighted by Gasteiger charge is -2.26. The van der Waals surface area contributed by atoms with Gasteiger partial charge in [0.1, 0.15) is 11.8 Å². The highest BCUT2D eigenvalue weighted by atomic mass is 127. The van der Waals surface area contributed by atoms with Crippen LogP contribution in [0.4, 0.5) is 8.78 Å². The number of hydrogen-bond donors (Lipinski definition) is 0. The van der Waals surface area contributed by atoms with Gasteiger partial charge in [0.2, 0.25) is 0 Å². The molecule has 2 atom stereocenters. The summed E-state index contributed by atoms with van der Waals surface area (Å²) in [6.45, 7) is -1.90. The minimum absolute atomic E-state index is 0.312. The Balaban J connectivity index is 1.83. The molecule has 7 nitrogen and oxygen atoms in total. The molecule has 3 rings (SSSR count). The second-order valence-electron chi connectivity index (χ2n) is 6.79. The van der Waals surface area contributed by atoms with E-state index in [1.807, 2.05) is 12.1 Å². The number of ether oxygens (including phenoxy) is 2. The molecule has 0 heterocycles. The minimum Gasteiger partial charge on any atom is -0.743 e. The normalized spacial score (nSPS) is 17.9. The Morgan fingerprint density at radius 2 is 1.45 bits per heavy atom. The molecule has 1 aliphatic rings. The smallest absolute Gasteiger partial charge is 0.367 e. The van der Waals surface area contributed by atoms with Crippen molar-refractivity contribution in [2.24, 2.45) is 0 Å². The molecular formula is C20H12F2I3O7S-. The molecule has 2 unspecified atom stereocenters. The maximum atomic E-state index is 13.4. The van der Waals surface area contributed by atoms with Crippen molar-refractivity contribution >= 4 is 89.8 Å². The van der Waals surface area contributed by atoms with Gasteiger partial charge in [-0.25, -0.2) is 8.42 Å². The fourth-order valence-electron chi connectivity index (χ4n) is 3.03. The van der Waals surface area contributed by atoms with Gasteiger partial charge in [-0.05, 0) is 91.0 Å². The van der Waals surface area contributed by atoms with Crippen LogP contribution < -0.4 is 4.74 Å². The number of hydrogen-bond acceptors (Lipinski definition) is 7. The van der Waals surface area contributed by atoms with Crippen molar-refractivity contribution in [2.45, 2.75) is 17.1 Å². The van der Waals surface area contributed by atoms with E-state index < -0.39 is 45.8 Å². The van der Waals surface area contributed by atoms with Gasteiger partial charge < -0.3 is 14.0 Å². The van der Waals surface area contributed by atoms with E-state index in [4.69, 9.17) is 4.74 Å². The average Bonchev–Trinajstić information content (AvgIpc) is 2.72. The molecule has 176 valence electrons. The molecule has 0 aliphatic heterocycles. The lowest BCUT2D eigenvalue weighted by Crippen LogP contribution is -2.35. The van der Waals surface area contributed by atoms with Crippen molar-refractivity contribution in [3.05, 3.63) is 70.4 Å². The van der Waals surface area contributed by atoms with Crippen LogP contribution in [0.2, 0.25) is 0 Å². The molecule has 0 radical (unpaired) electrons. The van der Waals surface area contributed by atoms with Gasteiger partial charge >= 0.3 is 17.2 Å². The van der Waals surface area contributed by atoms with Crippen LogP contribution in [0.5, 0.6) is 5.75 Å². The van der Waals surface area contributed by atoms with Crippen molar-refractivity contribution < 1.29 is 40.8 Å². The Morgan fingerprint density at radius 3 is 1.94 bits per heavy atom. The number of rotatable bonds is 6. The number of halogens is 5. The second kappa shape index (κ2) is 10.4. The van der Waals surface area contributed by atoms with Crippen LogP contribution in [0.15, 0.2) is 48.6 Å². The van der Waals surface area contributed by atoms with E-state index in [1.165, 1.54) is 18.2 Å². The van der Waals surface area contributed by atoms with Gasteiger partial charge in [-0.3, -0.25) is 9.59 Å². The Bertz CT molecular complexity index is 1220. The number of esters is 2. The van der Waals surface area contributed by atoms with Crippen LogP contribution in [-0.4, -0.2) is 36.8 Å². The highest BCUT2D eigenvalue weighted by molar-refractivity contribution is 14.1. The summed E-state index contributed by atoms with van der Waals surface area (Å²) in [7, 11) is -5.99. The molecule has 0 aromatic heterocycles. The van der Waals surface area contributed by atoms with E-state index >= 15 is 0 Å². The van der Waals surface area contributed by atoms with E-state index in [-0.39, 0.29) is 0 Å². The maximum Gasteiger partial charge on any atom is 0.367 e. The quantitative estimate of drug-likeness (QED) is 0.139. The van der Waals surface area contributed by atoms with Gasteiger partial charge in [-0.15, -0.1) is 0 Å². The molecule has 0 fully saturated rings. The van der Waals surface area contributed by atoms with Gasteiger partial charge in [0.15, 0.2) is 22.5 Å². The zero-order valence-corrected chi connectivity index (χ0v) is 23.4. The fraction of sp³-hybridized carbons (Fsp3) is 0.200. The lowest BCUT2D eigenvalue weighted by molar-refractivity contribution is -0.150. The van der Waals surface area contributed by atoms with Crippen molar-refractivity contribution in [3.8, 4) is 5.75 Å².